The summed E-state index contributed by atoms with van der Waals surface area (Å²) >= 11 is 0. The smallest absolute Gasteiger partial charge is 0.116 e. The Morgan fingerprint density at radius 3 is 3.08 bits per heavy atom. The molecule has 1 saturated heterocycles. The summed E-state index contributed by atoms with van der Waals surface area (Å²) < 4.78 is 5.44. The van der Waals surface area contributed by atoms with E-state index in [-0.39, 0.29) is 0 Å². The SMILES string of the molecule is C1=COC(C2CCCCN2)=CC1. The van der Waals surface area contributed by atoms with Gasteiger partial charge in [0.2, 0.25) is 0 Å². The first-order chi connectivity index (χ1) is 5.97. The Morgan fingerprint density at radius 1 is 1.42 bits per heavy atom. The number of rotatable bonds is 1. The lowest BCUT2D eigenvalue weighted by atomic mass is 10.0. The van der Waals surface area contributed by atoms with Crippen LogP contribution in [0.25, 0.3) is 0 Å². The van der Waals surface area contributed by atoms with Crippen molar-refractivity contribution in [3.8, 4) is 0 Å². The molecule has 0 aromatic rings. The minimum atomic E-state index is 0.476. The van der Waals surface area contributed by atoms with Gasteiger partial charge in [-0.3, -0.25) is 0 Å². The van der Waals surface area contributed by atoms with Gasteiger partial charge in [0.15, 0.2) is 0 Å². The van der Waals surface area contributed by atoms with E-state index >= 15 is 0 Å². The molecule has 1 N–H and O–H groups in total. The van der Waals surface area contributed by atoms with Gasteiger partial charge in [0, 0.05) is 0 Å². The van der Waals surface area contributed by atoms with Gasteiger partial charge in [-0.2, -0.15) is 0 Å². The fraction of sp³-hybridized carbons (Fsp3) is 0.600. The molecule has 0 saturated carbocycles. The van der Waals surface area contributed by atoms with Crippen molar-refractivity contribution >= 4 is 0 Å². The predicted octanol–water partition coefficient (Wildman–Crippen LogP) is 1.95. The maximum atomic E-state index is 5.44. The molecule has 2 heterocycles. The van der Waals surface area contributed by atoms with Gasteiger partial charge < -0.3 is 10.1 Å². The summed E-state index contributed by atoms with van der Waals surface area (Å²) in [7, 11) is 0. The van der Waals surface area contributed by atoms with Crippen molar-refractivity contribution < 1.29 is 4.74 Å². The first kappa shape index (κ1) is 7.87. The Hall–Kier alpha value is -0.760. The molecule has 1 atom stereocenters. The molecular formula is C10H15NO. The van der Waals surface area contributed by atoms with Crippen LogP contribution in [0.1, 0.15) is 25.7 Å². The lowest BCUT2D eigenvalue weighted by molar-refractivity contribution is 0.268. The molecule has 0 spiro atoms. The average Bonchev–Trinajstić information content (AvgIpc) is 2.21. The van der Waals surface area contributed by atoms with Crippen LogP contribution in [0, 0.1) is 0 Å². The number of hydrogen-bond donors (Lipinski definition) is 1. The van der Waals surface area contributed by atoms with Crippen LogP contribution in [0.4, 0.5) is 0 Å². The topological polar surface area (TPSA) is 21.3 Å². The standard InChI is InChI=1S/C10H15NO/c1-3-7-11-9(5-1)10-6-2-4-8-12-10/h4,6,8-9,11H,1-3,5,7H2. The van der Waals surface area contributed by atoms with E-state index in [1.807, 2.05) is 6.08 Å². The van der Waals surface area contributed by atoms with Crippen molar-refractivity contribution in [2.24, 2.45) is 0 Å². The minimum Gasteiger partial charge on any atom is -0.468 e. The summed E-state index contributed by atoms with van der Waals surface area (Å²) in [4.78, 5) is 0. The fourth-order valence-electron chi connectivity index (χ4n) is 1.73. The Balaban J connectivity index is 1.93. The molecule has 66 valence electrons. The van der Waals surface area contributed by atoms with Gasteiger partial charge in [-0.1, -0.05) is 6.42 Å². The van der Waals surface area contributed by atoms with Gasteiger partial charge in [0.1, 0.15) is 5.76 Å². The number of allylic oxidation sites excluding steroid dienone is 2. The molecule has 2 aliphatic heterocycles. The lowest BCUT2D eigenvalue weighted by Crippen LogP contribution is -2.36. The van der Waals surface area contributed by atoms with Crippen LogP contribution in [-0.2, 0) is 4.74 Å². The molecule has 2 nitrogen and oxygen atoms in total. The summed E-state index contributed by atoms with van der Waals surface area (Å²) in [5, 5.41) is 3.46. The maximum Gasteiger partial charge on any atom is 0.116 e. The number of ether oxygens (including phenoxy) is 1. The normalized spacial score (nSPS) is 29.3. The molecule has 2 aliphatic rings. The second kappa shape index (κ2) is 3.76. The van der Waals surface area contributed by atoms with E-state index in [9.17, 15) is 0 Å². The van der Waals surface area contributed by atoms with Crippen LogP contribution in [0.3, 0.4) is 0 Å². The zero-order valence-corrected chi connectivity index (χ0v) is 7.25. The Labute approximate surface area is 73.3 Å². The van der Waals surface area contributed by atoms with E-state index in [2.05, 4.69) is 11.4 Å². The van der Waals surface area contributed by atoms with E-state index in [4.69, 9.17) is 4.74 Å². The third-order valence-electron chi connectivity index (χ3n) is 2.41. The highest BCUT2D eigenvalue weighted by Crippen LogP contribution is 2.18. The summed E-state index contributed by atoms with van der Waals surface area (Å²) in [5.74, 6) is 1.12. The summed E-state index contributed by atoms with van der Waals surface area (Å²) in [6.45, 7) is 1.13. The summed E-state index contributed by atoms with van der Waals surface area (Å²) in [6.07, 6.45) is 10.9. The molecule has 0 amide bonds. The van der Waals surface area contributed by atoms with E-state index in [1.54, 1.807) is 6.26 Å². The zero-order chi connectivity index (χ0) is 8.23. The van der Waals surface area contributed by atoms with Crippen LogP contribution >= 0.6 is 0 Å². The maximum absolute atomic E-state index is 5.44. The largest absolute Gasteiger partial charge is 0.468 e. The Bertz CT molecular complexity index is 202. The molecule has 0 aromatic carbocycles. The molecule has 1 unspecified atom stereocenters. The quantitative estimate of drug-likeness (QED) is 0.641. The second-order valence-electron chi connectivity index (χ2n) is 3.33. The predicted molar refractivity (Wildman–Crippen MR) is 48.6 cm³/mol. The molecule has 0 aromatic heterocycles. The van der Waals surface area contributed by atoms with Gasteiger partial charge >= 0.3 is 0 Å². The molecule has 2 heteroatoms. The van der Waals surface area contributed by atoms with Crippen LogP contribution in [0.2, 0.25) is 0 Å². The first-order valence-electron chi connectivity index (χ1n) is 4.72. The van der Waals surface area contributed by atoms with Crippen molar-refractivity contribution in [2.45, 2.75) is 31.7 Å². The van der Waals surface area contributed by atoms with Gasteiger partial charge in [0.05, 0.1) is 12.3 Å². The van der Waals surface area contributed by atoms with E-state index < -0.39 is 0 Å². The number of piperidine rings is 1. The van der Waals surface area contributed by atoms with E-state index in [1.165, 1.54) is 19.3 Å². The third-order valence-corrected chi connectivity index (χ3v) is 2.41. The van der Waals surface area contributed by atoms with Crippen molar-refractivity contribution in [1.82, 2.24) is 5.32 Å². The molecule has 1 fully saturated rings. The molecule has 12 heavy (non-hydrogen) atoms. The summed E-state index contributed by atoms with van der Waals surface area (Å²) in [6, 6.07) is 0.476. The first-order valence-corrected chi connectivity index (χ1v) is 4.72. The average molecular weight is 165 g/mol. The molecule has 0 bridgehead atoms. The number of hydrogen-bond acceptors (Lipinski definition) is 2. The monoisotopic (exact) mass is 165 g/mol. The van der Waals surface area contributed by atoms with Gasteiger partial charge in [0.25, 0.3) is 0 Å². The highest BCUT2D eigenvalue weighted by molar-refractivity contribution is 5.11. The second-order valence-corrected chi connectivity index (χ2v) is 3.33. The molecule has 0 radical (unpaired) electrons. The van der Waals surface area contributed by atoms with Crippen molar-refractivity contribution in [1.29, 1.82) is 0 Å². The van der Waals surface area contributed by atoms with Crippen molar-refractivity contribution in [2.75, 3.05) is 6.54 Å². The van der Waals surface area contributed by atoms with Gasteiger partial charge in [-0.15, -0.1) is 0 Å². The summed E-state index contributed by atoms with van der Waals surface area (Å²) in [5.41, 5.74) is 0. The molecular weight excluding hydrogens is 150 g/mol. The highest BCUT2D eigenvalue weighted by Gasteiger charge is 2.18. The lowest BCUT2D eigenvalue weighted by Gasteiger charge is -2.25. The Morgan fingerprint density at radius 2 is 2.42 bits per heavy atom. The van der Waals surface area contributed by atoms with Gasteiger partial charge in [-0.25, -0.2) is 0 Å². The van der Waals surface area contributed by atoms with E-state index in [0.29, 0.717) is 6.04 Å². The van der Waals surface area contributed by atoms with Crippen LogP contribution in [0.15, 0.2) is 24.2 Å². The third kappa shape index (κ3) is 1.69. The van der Waals surface area contributed by atoms with Crippen LogP contribution in [-0.4, -0.2) is 12.6 Å². The van der Waals surface area contributed by atoms with E-state index in [0.717, 1.165) is 18.7 Å². The van der Waals surface area contributed by atoms with Crippen molar-refractivity contribution in [3.63, 3.8) is 0 Å². The minimum absolute atomic E-state index is 0.476. The highest BCUT2D eigenvalue weighted by atomic mass is 16.5. The fourth-order valence-corrected chi connectivity index (χ4v) is 1.73. The molecule has 2 rings (SSSR count). The van der Waals surface area contributed by atoms with Crippen LogP contribution < -0.4 is 5.32 Å². The molecule has 0 aliphatic carbocycles. The Kier molecular flexibility index (Phi) is 2.47. The van der Waals surface area contributed by atoms with Gasteiger partial charge in [-0.05, 0) is 38.0 Å². The van der Waals surface area contributed by atoms with Crippen molar-refractivity contribution in [3.05, 3.63) is 24.2 Å². The van der Waals surface area contributed by atoms with Crippen LogP contribution in [0.5, 0.6) is 0 Å². The zero-order valence-electron chi connectivity index (χ0n) is 7.25. The number of nitrogens with one attached hydrogen (secondary N) is 1.